The van der Waals surface area contributed by atoms with Crippen molar-refractivity contribution in [1.29, 1.82) is 0 Å². The van der Waals surface area contributed by atoms with Crippen LogP contribution >= 0.6 is 15.9 Å². The number of rotatable bonds is 2. The third-order valence-corrected chi connectivity index (χ3v) is 3.44. The molecule has 5 nitrogen and oxygen atoms in total. The van der Waals surface area contributed by atoms with Crippen molar-refractivity contribution in [3.8, 4) is 0 Å². The minimum atomic E-state index is -0.323. The summed E-state index contributed by atoms with van der Waals surface area (Å²) in [5.41, 5.74) is 8.05. The number of nitrogens with one attached hydrogen (secondary N) is 1. The van der Waals surface area contributed by atoms with Crippen LogP contribution in [0.5, 0.6) is 0 Å². The first kappa shape index (κ1) is 13.5. The van der Waals surface area contributed by atoms with Gasteiger partial charge in [-0.3, -0.25) is 4.79 Å². The van der Waals surface area contributed by atoms with Crippen molar-refractivity contribution in [2.45, 2.75) is 0 Å². The Labute approximate surface area is 129 Å². The molecule has 0 atom stereocenters. The number of carbonyl (C=O) groups excluding carboxylic acids is 1. The highest BCUT2D eigenvalue weighted by molar-refractivity contribution is 9.10. The van der Waals surface area contributed by atoms with Gasteiger partial charge in [-0.1, -0.05) is 18.2 Å². The molecule has 0 aliphatic rings. The predicted octanol–water partition coefficient (Wildman–Crippen LogP) is 3.23. The van der Waals surface area contributed by atoms with Crippen LogP contribution in [0.15, 0.2) is 53.3 Å². The third-order valence-electron chi connectivity index (χ3n) is 2.97. The van der Waals surface area contributed by atoms with Gasteiger partial charge < -0.3 is 11.1 Å². The Balaban J connectivity index is 1.92. The van der Waals surface area contributed by atoms with E-state index in [4.69, 9.17) is 5.73 Å². The fraction of sp³-hybridized carbons (Fsp3) is 0. The average Bonchev–Trinajstić information content (AvgIpc) is 2.49. The van der Waals surface area contributed by atoms with Crippen LogP contribution in [0.4, 0.5) is 11.4 Å². The first-order valence-corrected chi connectivity index (χ1v) is 7.01. The third kappa shape index (κ3) is 2.85. The van der Waals surface area contributed by atoms with Crippen LogP contribution in [0.3, 0.4) is 0 Å². The topological polar surface area (TPSA) is 80.9 Å². The average molecular weight is 343 g/mol. The smallest absolute Gasteiger partial charge is 0.274 e. The summed E-state index contributed by atoms with van der Waals surface area (Å²) in [4.78, 5) is 20.6. The maximum absolute atomic E-state index is 12.2. The molecule has 0 bridgehead atoms. The zero-order valence-corrected chi connectivity index (χ0v) is 12.5. The van der Waals surface area contributed by atoms with Crippen LogP contribution in [0, 0.1) is 0 Å². The lowest BCUT2D eigenvalue weighted by molar-refractivity contribution is 0.102. The molecule has 0 unspecified atom stereocenters. The van der Waals surface area contributed by atoms with E-state index in [9.17, 15) is 4.79 Å². The number of hydrogen-bond acceptors (Lipinski definition) is 4. The first-order valence-electron chi connectivity index (χ1n) is 6.21. The van der Waals surface area contributed by atoms with Gasteiger partial charge in [0.1, 0.15) is 10.3 Å². The monoisotopic (exact) mass is 342 g/mol. The number of fused-ring (bicyclic) bond motifs is 1. The molecule has 104 valence electrons. The quantitative estimate of drug-likeness (QED) is 0.700. The molecule has 6 heteroatoms. The number of para-hydroxylation sites is 1. The largest absolute Gasteiger partial charge is 0.398 e. The highest BCUT2D eigenvalue weighted by Gasteiger charge is 2.11. The number of aromatic nitrogens is 2. The summed E-state index contributed by atoms with van der Waals surface area (Å²) >= 11 is 3.24. The van der Waals surface area contributed by atoms with Gasteiger partial charge >= 0.3 is 0 Å². The van der Waals surface area contributed by atoms with Crippen molar-refractivity contribution < 1.29 is 4.79 Å². The lowest BCUT2D eigenvalue weighted by Crippen LogP contribution is -2.14. The van der Waals surface area contributed by atoms with E-state index in [1.807, 2.05) is 24.3 Å². The van der Waals surface area contributed by atoms with E-state index in [0.717, 1.165) is 5.39 Å². The van der Waals surface area contributed by atoms with Crippen LogP contribution in [-0.2, 0) is 0 Å². The molecular weight excluding hydrogens is 332 g/mol. The first-order chi connectivity index (χ1) is 10.1. The number of nitrogens with zero attached hydrogens (tertiary/aromatic N) is 2. The molecule has 21 heavy (non-hydrogen) atoms. The van der Waals surface area contributed by atoms with Crippen molar-refractivity contribution in [3.63, 3.8) is 0 Å². The Morgan fingerprint density at radius 2 is 2.00 bits per heavy atom. The van der Waals surface area contributed by atoms with Gasteiger partial charge in [0.05, 0.1) is 17.4 Å². The van der Waals surface area contributed by atoms with Gasteiger partial charge in [0.25, 0.3) is 5.91 Å². The van der Waals surface area contributed by atoms with Crippen molar-refractivity contribution in [3.05, 3.63) is 59.0 Å². The molecule has 0 aliphatic heterocycles. The van der Waals surface area contributed by atoms with Crippen LogP contribution in [0.25, 0.3) is 10.9 Å². The summed E-state index contributed by atoms with van der Waals surface area (Å²) < 4.78 is 0.702. The molecule has 0 spiro atoms. The summed E-state index contributed by atoms with van der Waals surface area (Å²) in [6.45, 7) is 0. The van der Waals surface area contributed by atoms with Gasteiger partial charge in [-0.15, -0.1) is 0 Å². The van der Waals surface area contributed by atoms with Crippen LogP contribution < -0.4 is 11.1 Å². The van der Waals surface area contributed by atoms with Crippen molar-refractivity contribution >= 4 is 44.1 Å². The molecule has 2 heterocycles. The van der Waals surface area contributed by atoms with E-state index in [1.165, 1.54) is 0 Å². The second kappa shape index (κ2) is 5.49. The zero-order chi connectivity index (χ0) is 14.8. The van der Waals surface area contributed by atoms with E-state index in [-0.39, 0.29) is 11.6 Å². The summed E-state index contributed by atoms with van der Waals surface area (Å²) in [6.07, 6.45) is 1.56. The number of hydrogen-bond donors (Lipinski definition) is 2. The van der Waals surface area contributed by atoms with Crippen molar-refractivity contribution in [2.75, 3.05) is 11.1 Å². The van der Waals surface area contributed by atoms with Crippen LogP contribution in [-0.4, -0.2) is 15.9 Å². The Bertz CT molecular complexity index is 818. The Hall–Kier alpha value is -2.47. The van der Waals surface area contributed by atoms with Crippen LogP contribution in [0.1, 0.15) is 10.5 Å². The minimum absolute atomic E-state index is 0.272. The molecule has 3 aromatic rings. The van der Waals surface area contributed by atoms with Gasteiger partial charge in [0.2, 0.25) is 0 Å². The number of carbonyl (C=O) groups is 1. The highest BCUT2D eigenvalue weighted by Crippen LogP contribution is 2.20. The molecule has 0 saturated heterocycles. The lowest BCUT2D eigenvalue weighted by Gasteiger charge is -2.07. The molecule has 0 saturated carbocycles. The number of halogens is 1. The van der Waals surface area contributed by atoms with E-state index in [0.29, 0.717) is 21.5 Å². The number of pyridine rings is 2. The zero-order valence-electron chi connectivity index (χ0n) is 10.9. The van der Waals surface area contributed by atoms with E-state index < -0.39 is 0 Å². The normalized spacial score (nSPS) is 10.5. The van der Waals surface area contributed by atoms with Gasteiger partial charge in [-0.2, -0.15) is 0 Å². The van der Waals surface area contributed by atoms with Crippen molar-refractivity contribution in [1.82, 2.24) is 9.97 Å². The summed E-state index contributed by atoms with van der Waals surface area (Å²) in [7, 11) is 0. The molecule has 3 N–H and O–H groups in total. The van der Waals surface area contributed by atoms with E-state index in [2.05, 4.69) is 31.2 Å². The maximum atomic E-state index is 12.2. The standard InChI is InChI=1S/C15H11BrN4O/c16-14-6-5-9(8-18-14)19-15(21)13-7-11(17)10-3-1-2-4-12(10)20-13/h1-8H,(H2,17,20)(H,19,21). The molecule has 0 radical (unpaired) electrons. The maximum Gasteiger partial charge on any atom is 0.274 e. The number of nitrogen functional groups attached to an aromatic ring is 1. The minimum Gasteiger partial charge on any atom is -0.398 e. The Kier molecular flexibility index (Phi) is 3.53. The molecule has 0 fully saturated rings. The molecule has 1 amide bonds. The molecule has 0 aliphatic carbocycles. The lowest BCUT2D eigenvalue weighted by atomic mass is 10.1. The summed E-state index contributed by atoms with van der Waals surface area (Å²) in [6, 6.07) is 12.5. The fourth-order valence-corrected chi connectivity index (χ4v) is 2.20. The van der Waals surface area contributed by atoms with Crippen molar-refractivity contribution in [2.24, 2.45) is 0 Å². The second-order valence-electron chi connectivity index (χ2n) is 4.44. The summed E-state index contributed by atoms with van der Waals surface area (Å²) in [5, 5.41) is 3.57. The number of anilines is 2. The van der Waals surface area contributed by atoms with Crippen LogP contribution in [0.2, 0.25) is 0 Å². The van der Waals surface area contributed by atoms with Gasteiger partial charge in [-0.05, 0) is 40.2 Å². The molecule has 3 rings (SSSR count). The van der Waals surface area contributed by atoms with E-state index >= 15 is 0 Å². The number of amides is 1. The Morgan fingerprint density at radius 3 is 2.76 bits per heavy atom. The molecular formula is C15H11BrN4O. The second-order valence-corrected chi connectivity index (χ2v) is 5.25. The number of nitrogens with two attached hydrogens (primary N) is 1. The van der Waals surface area contributed by atoms with E-state index in [1.54, 1.807) is 24.4 Å². The Morgan fingerprint density at radius 1 is 1.19 bits per heavy atom. The molecule has 1 aromatic carbocycles. The van der Waals surface area contributed by atoms with Gasteiger partial charge in [-0.25, -0.2) is 9.97 Å². The number of benzene rings is 1. The fourth-order valence-electron chi connectivity index (χ4n) is 1.96. The molecule has 2 aromatic heterocycles. The predicted molar refractivity (Wildman–Crippen MR) is 86.0 cm³/mol. The van der Waals surface area contributed by atoms with Gasteiger partial charge in [0, 0.05) is 11.1 Å². The summed E-state index contributed by atoms with van der Waals surface area (Å²) in [5.74, 6) is -0.323. The van der Waals surface area contributed by atoms with Gasteiger partial charge in [0.15, 0.2) is 0 Å². The highest BCUT2D eigenvalue weighted by atomic mass is 79.9. The SMILES string of the molecule is Nc1cc(C(=O)Nc2ccc(Br)nc2)nc2ccccc12.